The highest BCUT2D eigenvalue weighted by Gasteiger charge is 2.43. The molecule has 0 radical (unpaired) electrons. The van der Waals surface area contributed by atoms with E-state index in [0.29, 0.717) is 12.7 Å². The Balaban J connectivity index is 2.00. The van der Waals surface area contributed by atoms with Crippen molar-refractivity contribution < 1.29 is 9.84 Å². The fourth-order valence-corrected chi connectivity index (χ4v) is 3.38. The summed E-state index contributed by atoms with van der Waals surface area (Å²) in [4.78, 5) is 0. The third-order valence-electron chi connectivity index (χ3n) is 3.19. The first-order valence-electron chi connectivity index (χ1n) is 4.68. The van der Waals surface area contributed by atoms with Crippen molar-refractivity contribution in [1.29, 1.82) is 0 Å². The van der Waals surface area contributed by atoms with Gasteiger partial charge in [0.05, 0.1) is 12.7 Å². The maximum absolute atomic E-state index is 9.39. The quantitative estimate of drug-likeness (QED) is 0.708. The van der Waals surface area contributed by atoms with E-state index < -0.39 is 0 Å². The second-order valence-corrected chi connectivity index (χ2v) is 5.01. The molecule has 70 valence electrons. The summed E-state index contributed by atoms with van der Waals surface area (Å²) in [5, 5.41) is 9.39. The third-order valence-corrected chi connectivity index (χ3v) is 4.17. The summed E-state index contributed by atoms with van der Waals surface area (Å²) in [6.07, 6.45) is 3.80. The van der Waals surface area contributed by atoms with Gasteiger partial charge in [0.15, 0.2) is 0 Å². The van der Waals surface area contributed by atoms with Crippen molar-refractivity contribution in [3.63, 3.8) is 0 Å². The number of hydrogen-bond donors (Lipinski definition) is 1. The molecule has 2 fully saturated rings. The first-order chi connectivity index (χ1) is 5.87. The zero-order valence-electron chi connectivity index (χ0n) is 7.29. The van der Waals surface area contributed by atoms with Gasteiger partial charge in [0, 0.05) is 12.0 Å². The van der Waals surface area contributed by atoms with E-state index >= 15 is 0 Å². The van der Waals surface area contributed by atoms with Crippen LogP contribution in [0.2, 0.25) is 0 Å². The summed E-state index contributed by atoms with van der Waals surface area (Å²) in [7, 11) is 0. The van der Waals surface area contributed by atoms with Crippen molar-refractivity contribution in [3.8, 4) is 0 Å². The Morgan fingerprint density at radius 2 is 2.08 bits per heavy atom. The van der Waals surface area contributed by atoms with E-state index in [9.17, 15) is 5.11 Å². The molecule has 0 spiro atoms. The molecule has 12 heavy (non-hydrogen) atoms. The lowest BCUT2D eigenvalue weighted by atomic mass is 9.74. The maximum atomic E-state index is 9.39. The average Bonchev–Trinajstić information content (AvgIpc) is 2.03. The van der Waals surface area contributed by atoms with E-state index in [2.05, 4.69) is 0 Å². The largest absolute Gasteiger partial charge is 0.396 e. The second-order valence-electron chi connectivity index (χ2n) is 3.78. The van der Waals surface area contributed by atoms with Crippen LogP contribution in [0.25, 0.3) is 0 Å². The number of ether oxygens (including phenoxy) is 1. The zero-order valence-corrected chi connectivity index (χ0v) is 8.11. The lowest BCUT2D eigenvalue weighted by Crippen LogP contribution is -2.48. The molecule has 0 aliphatic carbocycles. The van der Waals surface area contributed by atoms with E-state index in [1.807, 2.05) is 11.8 Å². The van der Waals surface area contributed by atoms with Crippen LogP contribution in [-0.4, -0.2) is 35.9 Å². The van der Waals surface area contributed by atoms with Gasteiger partial charge in [-0.15, -0.1) is 0 Å². The molecule has 0 aromatic heterocycles. The molecule has 1 atom stereocenters. The molecular weight excluding hydrogens is 172 g/mol. The smallest absolute Gasteiger partial charge is 0.0675 e. The molecular formula is C9H16O2S. The van der Waals surface area contributed by atoms with E-state index in [-0.39, 0.29) is 5.41 Å². The van der Waals surface area contributed by atoms with Gasteiger partial charge < -0.3 is 9.84 Å². The van der Waals surface area contributed by atoms with Crippen LogP contribution in [-0.2, 0) is 4.74 Å². The number of aliphatic hydroxyl groups is 1. The molecule has 0 bridgehead atoms. The van der Waals surface area contributed by atoms with Crippen molar-refractivity contribution in [2.24, 2.45) is 5.41 Å². The molecule has 2 saturated heterocycles. The molecule has 1 unspecified atom stereocenters. The Kier molecular flexibility index (Phi) is 2.63. The van der Waals surface area contributed by atoms with Gasteiger partial charge >= 0.3 is 0 Å². The van der Waals surface area contributed by atoms with Crippen LogP contribution in [0.3, 0.4) is 0 Å². The Bertz CT molecular complexity index is 151. The number of hydrogen-bond acceptors (Lipinski definition) is 3. The molecule has 2 heterocycles. The van der Waals surface area contributed by atoms with Crippen LogP contribution >= 0.6 is 11.8 Å². The van der Waals surface area contributed by atoms with Crippen LogP contribution in [0.1, 0.15) is 19.3 Å². The minimum Gasteiger partial charge on any atom is -0.396 e. The Hall–Kier alpha value is 0.270. The monoisotopic (exact) mass is 188 g/mol. The van der Waals surface area contributed by atoms with Gasteiger partial charge in [0.25, 0.3) is 0 Å². The lowest BCUT2D eigenvalue weighted by molar-refractivity contribution is -0.145. The van der Waals surface area contributed by atoms with Gasteiger partial charge in [-0.3, -0.25) is 0 Å². The molecule has 1 N–H and O–H groups in total. The lowest BCUT2D eigenvalue weighted by Gasteiger charge is -2.46. The Morgan fingerprint density at radius 3 is 2.50 bits per heavy atom. The van der Waals surface area contributed by atoms with Crippen LogP contribution in [0.15, 0.2) is 0 Å². The molecule has 3 heteroatoms. The highest BCUT2D eigenvalue weighted by molar-refractivity contribution is 7.99. The molecule has 0 saturated carbocycles. The minimum atomic E-state index is 0.128. The molecule has 2 rings (SSSR count). The molecule has 0 aromatic carbocycles. The van der Waals surface area contributed by atoms with Gasteiger partial charge in [-0.2, -0.15) is 11.8 Å². The fraction of sp³-hybridized carbons (Fsp3) is 1.00. The van der Waals surface area contributed by atoms with Crippen LogP contribution in [0.4, 0.5) is 0 Å². The SMILES string of the molecule is OCC1(C2CCO2)CCSCC1. The summed E-state index contributed by atoms with van der Waals surface area (Å²) < 4.78 is 5.50. The van der Waals surface area contributed by atoms with Crippen LogP contribution in [0, 0.1) is 5.41 Å². The summed E-state index contributed by atoms with van der Waals surface area (Å²) in [5.74, 6) is 2.39. The summed E-state index contributed by atoms with van der Waals surface area (Å²) in [5.41, 5.74) is 0.128. The zero-order chi connectivity index (χ0) is 8.44. The average molecular weight is 188 g/mol. The van der Waals surface area contributed by atoms with Crippen molar-refractivity contribution in [2.75, 3.05) is 24.7 Å². The van der Waals surface area contributed by atoms with Gasteiger partial charge in [0.2, 0.25) is 0 Å². The van der Waals surface area contributed by atoms with Crippen molar-refractivity contribution in [2.45, 2.75) is 25.4 Å². The van der Waals surface area contributed by atoms with E-state index in [4.69, 9.17) is 4.74 Å². The molecule has 0 amide bonds. The normalized spacial score (nSPS) is 34.2. The maximum Gasteiger partial charge on any atom is 0.0675 e. The molecule has 0 aromatic rings. The summed E-state index contributed by atoms with van der Waals surface area (Å²) in [6.45, 7) is 1.22. The Morgan fingerprint density at radius 1 is 1.42 bits per heavy atom. The van der Waals surface area contributed by atoms with Gasteiger partial charge in [-0.25, -0.2) is 0 Å². The van der Waals surface area contributed by atoms with Crippen molar-refractivity contribution in [3.05, 3.63) is 0 Å². The molecule has 2 nitrogen and oxygen atoms in total. The standard InChI is InChI=1S/C9H16O2S/c10-7-9(8-1-4-11-8)2-5-12-6-3-9/h8,10H,1-7H2. The number of rotatable bonds is 2. The number of thioether (sulfide) groups is 1. The first-order valence-corrected chi connectivity index (χ1v) is 5.83. The van der Waals surface area contributed by atoms with Crippen molar-refractivity contribution in [1.82, 2.24) is 0 Å². The highest BCUT2D eigenvalue weighted by Crippen LogP contribution is 2.42. The molecule has 2 aliphatic rings. The van der Waals surface area contributed by atoms with E-state index in [0.717, 1.165) is 25.9 Å². The fourth-order valence-electron chi connectivity index (χ4n) is 2.08. The number of aliphatic hydroxyl groups excluding tert-OH is 1. The molecule has 2 aliphatic heterocycles. The van der Waals surface area contributed by atoms with Gasteiger partial charge in [-0.1, -0.05) is 0 Å². The topological polar surface area (TPSA) is 29.5 Å². The predicted octanol–water partition coefficient (Wildman–Crippen LogP) is 1.28. The van der Waals surface area contributed by atoms with Gasteiger partial charge in [-0.05, 0) is 30.8 Å². The van der Waals surface area contributed by atoms with E-state index in [1.54, 1.807) is 0 Å². The summed E-state index contributed by atoms with van der Waals surface area (Å²) >= 11 is 2.00. The second kappa shape index (κ2) is 3.56. The van der Waals surface area contributed by atoms with Crippen LogP contribution < -0.4 is 0 Å². The summed E-state index contributed by atoms with van der Waals surface area (Å²) in [6, 6.07) is 0. The first kappa shape index (κ1) is 8.85. The van der Waals surface area contributed by atoms with Crippen molar-refractivity contribution >= 4 is 11.8 Å². The van der Waals surface area contributed by atoms with Crippen LogP contribution in [0.5, 0.6) is 0 Å². The van der Waals surface area contributed by atoms with Gasteiger partial charge in [0.1, 0.15) is 0 Å². The minimum absolute atomic E-state index is 0.128. The Labute approximate surface area is 77.7 Å². The highest BCUT2D eigenvalue weighted by atomic mass is 32.2. The third kappa shape index (κ3) is 1.38. The predicted molar refractivity (Wildman–Crippen MR) is 50.4 cm³/mol. The van der Waals surface area contributed by atoms with E-state index in [1.165, 1.54) is 11.5 Å².